The maximum Gasteiger partial charge on any atom is 0.343 e. The molecule has 0 amide bonds. The number of carbonyl (C=O) groups is 2. The van der Waals surface area contributed by atoms with Gasteiger partial charge in [0.2, 0.25) is 0 Å². The third kappa shape index (κ3) is 12.5. The third-order valence-electron chi connectivity index (χ3n) is 16.7. The Labute approximate surface area is 393 Å². The Bertz CT molecular complexity index is 1980. The molecule has 0 unspecified atom stereocenters. The molecule has 354 valence electrons. The van der Waals surface area contributed by atoms with Crippen LogP contribution in [0.5, 0.6) is 17.2 Å². The number of allylic oxidation sites excluding steroid dienone is 1. The molecule has 65 heavy (non-hydrogen) atoms. The van der Waals surface area contributed by atoms with Crippen LogP contribution in [0.25, 0.3) is 11.1 Å². The van der Waals surface area contributed by atoms with E-state index >= 15 is 0 Å². The van der Waals surface area contributed by atoms with Crippen molar-refractivity contribution in [3.63, 3.8) is 0 Å². The summed E-state index contributed by atoms with van der Waals surface area (Å²) in [7, 11) is 0. The predicted octanol–water partition coefficient (Wildman–Crippen LogP) is 15.8. The molecule has 6 nitrogen and oxygen atoms in total. The van der Waals surface area contributed by atoms with Gasteiger partial charge in [-0.2, -0.15) is 0 Å². The number of hydrogen-bond acceptors (Lipinski definition) is 6. The van der Waals surface area contributed by atoms with Crippen LogP contribution in [0.15, 0.2) is 84.4 Å². The van der Waals surface area contributed by atoms with Crippen molar-refractivity contribution in [2.75, 3.05) is 13.2 Å². The van der Waals surface area contributed by atoms with E-state index in [1.807, 2.05) is 60.7 Å². The van der Waals surface area contributed by atoms with E-state index in [-0.39, 0.29) is 17.5 Å². The van der Waals surface area contributed by atoms with Gasteiger partial charge in [-0.1, -0.05) is 129 Å². The van der Waals surface area contributed by atoms with Crippen LogP contribution in [0.1, 0.15) is 180 Å². The Balaban J connectivity index is 0.781. The lowest BCUT2D eigenvalue weighted by Crippen LogP contribution is -2.51. The summed E-state index contributed by atoms with van der Waals surface area (Å²) in [5.41, 5.74) is 4.91. The Morgan fingerprint density at radius 2 is 1.29 bits per heavy atom. The summed E-state index contributed by atoms with van der Waals surface area (Å²) in [6.07, 6.45) is 26.0. The van der Waals surface area contributed by atoms with Gasteiger partial charge in [-0.05, 0) is 170 Å². The second kappa shape index (κ2) is 23.1. The lowest BCUT2D eigenvalue weighted by atomic mass is 9.47. The molecule has 3 saturated carbocycles. The van der Waals surface area contributed by atoms with E-state index in [0.29, 0.717) is 36.4 Å². The van der Waals surface area contributed by atoms with E-state index in [1.165, 1.54) is 83.5 Å². The van der Waals surface area contributed by atoms with Gasteiger partial charge in [0, 0.05) is 12.8 Å². The van der Waals surface area contributed by atoms with Crippen LogP contribution in [-0.4, -0.2) is 31.3 Å². The number of fused-ring (bicyclic) bond motifs is 5. The molecule has 3 aromatic rings. The Morgan fingerprint density at radius 1 is 0.662 bits per heavy atom. The first-order chi connectivity index (χ1) is 31.5. The van der Waals surface area contributed by atoms with Gasteiger partial charge in [0.1, 0.15) is 23.4 Å². The Morgan fingerprint density at radius 3 is 1.97 bits per heavy atom. The molecule has 7 rings (SSSR count). The summed E-state index contributed by atoms with van der Waals surface area (Å²) in [6.45, 7) is 16.0. The lowest BCUT2D eigenvalue weighted by molar-refractivity contribution is -0.151. The normalized spacial score (nSPS) is 26.3. The topological polar surface area (TPSA) is 71.1 Å². The van der Waals surface area contributed by atoms with E-state index in [2.05, 4.69) is 47.6 Å². The van der Waals surface area contributed by atoms with Crippen LogP contribution in [0, 0.1) is 46.3 Å². The smallest absolute Gasteiger partial charge is 0.343 e. The minimum atomic E-state index is -0.397. The molecule has 4 aliphatic carbocycles. The van der Waals surface area contributed by atoms with E-state index in [0.717, 1.165) is 96.7 Å². The van der Waals surface area contributed by atoms with Crippen LogP contribution in [0.4, 0.5) is 0 Å². The molecule has 0 heterocycles. The second-order valence-electron chi connectivity index (χ2n) is 21.5. The number of hydrogen-bond donors (Lipinski definition) is 0. The first-order valence-electron chi connectivity index (χ1n) is 26.1. The van der Waals surface area contributed by atoms with E-state index in [1.54, 1.807) is 17.7 Å². The molecule has 0 aromatic heterocycles. The van der Waals surface area contributed by atoms with Crippen LogP contribution >= 0.6 is 0 Å². The first-order valence-corrected chi connectivity index (χ1v) is 26.1. The fourth-order valence-electron chi connectivity index (χ4n) is 12.9. The maximum atomic E-state index is 13.0. The molecule has 0 bridgehead atoms. The van der Waals surface area contributed by atoms with E-state index in [9.17, 15) is 9.59 Å². The fourth-order valence-corrected chi connectivity index (χ4v) is 12.9. The highest BCUT2D eigenvalue weighted by atomic mass is 16.5. The third-order valence-corrected chi connectivity index (χ3v) is 16.7. The van der Waals surface area contributed by atoms with Crippen molar-refractivity contribution in [1.29, 1.82) is 0 Å². The summed E-state index contributed by atoms with van der Waals surface area (Å²) < 4.78 is 23.7. The quantitative estimate of drug-likeness (QED) is 0.0409. The molecule has 0 saturated heterocycles. The van der Waals surface area contributed by atoms with Crippen molar-refractivity contribution in [1.82, 2.24) is 0 Å². The van der Waals surface area contributed by atoms with Gasteiger partial charge in [0.25, 0.3) is 0 Å². The molecule has 6 heteroatoms. The summed E-state index contributed by atoms with van der Waals surface area (Å²) in [5, 5.41) is 0. The highest BCUT2D eigenvalue weighted by Crippen LogP contribution is 2.67. The molecule has 3 aromatic carbocycles. The standard InChI is InChI=1S/C59H82O6/c1-7-8-9-10-11-13-39-62-49-28-23-46(24-29-49)57(61)65-50-30-21-45(22-31-50)44-19-26-48(27-20-44)63-40-14-12-18-56(60)64-51-35-37-58(5)47(41-51)25-32-52-54-34-33-53(43(4)17-15-16-42(2)3)59(54,6)38-36-55(52)58/h19-31,42-43,51-55H,7-18,32-41H2,1-6H3/t43-,51+,52+,53-,54+,55+,58+,59-/m1/s1. The zero-order chi connectivity index (χ0) is 45.8. The largest absolute Gasteiger partial charge is 0.494 e. The zero-order valence-electron chi connectivity index (χ0n) is 41.1. The molecule has 4 aliphatic rings. The molecular weight excluding hydrogens is 805 g/mol. The number of benzene rings is 3. The molecule has 3 fully saturated rings. The summed E-state index contributed by atoms with van der Waals surface area (Å²) >= 11 is 0. The van der Waals surface area contributed by atoms with Crippen molar-refractivity contribution < 1.29 is 28.5 Å². The van der Waals surface area contributed by atoms with Crippen molar-refractivity contribution in [2.24, 2.45) is 46.3 Å². The summed E-state index contributed by atoms with van der Waals surface area (Å²) in [5.74, 6) is 6.62. The highest BCUT2D eigenvalue weighted by Gasteiger charge is 2.59. The number of unbranched alkanes of at least 4 members (excludes halogenated alkanes) is 6. The van der Waals surface area contributed by atoms with E-state index < -0.39 is 5.97 Å². The molecule has 0 N–H and O–H groups in total. The molecule has 0 aliphatic heterocycles. The van der Waals surface area contributed by atoms with Gasteiger partial charge >= 0.3 is 11.9 Å². The number of esters is 2. The van der Waals surface area contributed by atoms with Gasteiger partial charge in [-0.3, -0.25) is 4.79 Å². The van der Waals surface area contributed by atoms with Crippen molar-refractivity contribution in [3.05, 3.63) is 90.0 Å². The number of ether oxygens (including phenoxy) is 4. The monoisotopic (exact) mass is 887 g/mol. The van der Waals surface area contributed by atoms with Crippen molar-refractivity contribution in [3.8, 4) is 28.4 Å². The first kappa shape index (κ1) is 48.9. The molecule has 0 radical (unpaired) electrons. The average Bonchev–Trinajstić information content (AvgIpc) is 3.66. The SMILES string of the molecule is CCCCCCCCOc1ccc(C(=O)Oc2ccc(-c3ccc(OCCCCC(=O)O[C@H]4CC[C@@]5(C)C(=CC[C@H]6[C@@H]7CC[C@H]([C@H](C)CCCC(C)C)[C@@]7(C)CC[C@@H]65)C4)cc3)cc2)cc1. The molecular formula is C59H82O6. The van der Waals surface area contributed by atoms with Crippen LogP contribution < -0.4 is 14.2 Å². The Kier molecular flexibility index (Phi) is 17.4. The van der Waals surface area contributed by atoms with Crippen LogP contribution in [-0.2, 0) is 9.53 Å². The molecule has 8 atom stereocenters. The fraction of sp³-hybridized carbons (Fsp3) is 0.627. The minimum Gasteiger partial charge on any atom is -0.494 e. The number of rotatable bonds is 23. The van der Waals surface area contributed by atoms with Gasteiger partial charge in [-0.15, -0.1) is 0 Å². The highest BCUT2D eigenvalue weighted by molar-refractivity contribution is 5.91. The predicted molar refractivity (Wildman–Crippen MR) is 264 cm³/mol. The average molecular weight is 887 g/mol. The Hall–Kier alpha value is -4.06. The summed E-state index contributed by atoms with van der Waals surface area (Å²) in [4.78, 5) is 25.8. The van der Waals surface area contributed by atoms with Crippen molar-refractivity contribution in [2.45, 2.75) is 176 Å². The molecule has 0 spiro atoms. The van der Waals surface area contributed by atoms with Gasteiger partial charge in [-0.25, -0.2) is 4.79 Å². The second-order valence-corrected chi connectivity index (χ2v) is 21.5. The van der Waals surface area contributed by atoms with Gasteiger partial charge < -0.3 is 18.9 Å². The van der Waals surface area contributed by atoms with Crippen LogP contribution in [0.3, 0.4) is 0 Å². The maximum absolute atomic E-state index is 13.0. The zero-order valence-corrected chi connectivity index (χ0v) is 41.1. The minimum absolute atomic E-state index is 0.0128. The van der Waals surface area contributed by atoms with Gasteiger partial charge in [0.05, 0.1) is 18.8 Å². The lowest BCUT2D eigenvalue weighted by Gasteiger charge is -2.58. The van der Waals surface area contributed by atoms with E-state index in [4.69, 9.17) is 18.9 Å². The summed E-state index contributed by atoms with van der Waals surface area (Å²) in [6, 6.07) is 22.7. The van der Waals surface area contributed by atoms with Gasteiger partial charge in [0.15, 0.2) is 0 Å². The number of carbonyl (C=O) groups excluding carboxylic acids is 2. The van der Waals surface area contributed by atoms with Crippen molar-refractivity contribution >= 4 is 11.9 Å². The van der Waals surface area contributed by atoms with Crippen LogP contribution in [0.2, 0.25) is 0 Å².